The predicted octanol–water partition coefficient (Wildman–Crippen LogP) is 3.43. The molecule has 0 fully saturated rings. The highest BCUT2D eigenvalue weighted by Crippen LogP contribution is 2.34. The van der Waals surface area contributed by atoms with Gasteiger partial charge in [0.05, 0.1) is 6.42 Å². The van der Waals surface area contributed by atoms with E-state index in [0.29, 0.717) is 13.1 Å². The Kier molecular flexibility index (Phi) is 10.1. The standard InChI is InChI=1S/C21H30N4O.2ClH/c1-13-16(9-19(24)26)20(15-7-5-14(11-22)6-8-15)17(12-23)18(25-13)10-21(2,3)4;;/h5-8H,9-12,22-23H2,1-4H3,(H2,24,26);2*1H. The quantitative estimate of drug-likeness (QED) is 0.656. The molecular formula is C21H32Cl2N4O. The molecule has 0 aliphatic carbocycles. The largest absolute Gasteiger partial charge is 0.369 e. The van der Waals surface area contributed by atoms with Crippen molar-refractivity contribution >= 4 is 30.7 Å². The van der Waals surface area contributed by atoms with Crippen LogP contribution < -0.4 is 17.2 Å². The fraction of sp³-hybridized carbons (Fsp3) is 0.429. The van der Waals surface area contributed by atoms with E-state index in [1.54, 1.807) is 0 Å². The molecule has 0 aliphatic heterocycles. The summed E-state index contributed by atoms with van der Waals surface area (Å²) in [7, 11) is 0. The van der Waals surface area contributed by atoms with E-state index < -0.39 is 0 Å². The van der Waals surface area contributed by atoms with E-state index in [2.05, 4.69) is 20.8 Å². The third-order valence-electron chi connectivity index (χ3n) is 4.42. The Labute approximate surface area is 180 Å². The number of primary amides is 1. The van der Waals surface area contributed by atoms with Crippen LogP contribution in [0.3, 0.4) is 0 Å². The SMILES string of the molecule is Cc1nc(CC(C)(C)C)c(CN)c(-c2ccc(CN)cc2)c1CC(N)=O.Cl.Cl. The van der Waals surface area contributed by atoms with Gasteiger partial charge in [-0.1, -0.05) is 45.0 Å². The maximum Gasteiger partial charge on any atom is 0.221 e. The summed E-state index contributed by atoms with van der Waals surface area (Å²) in [4.78, 5) is 16.5. The number of nitrogens with zero attached hydrogens (tertiary/aromatic N) is 1. The number of aromatic nitrogens is 1. The molecule has 1 aromatic heterocycles. The van der Waals surface area contributed by atoms with Crippen LogP contribution in [0, 0.1) is 12.3 Å². The molecule has 0 radical (unpaired) electrons. The van der Waals surface area contributed by atoms with Crippen LogP contribution in [0.4, 0.5) is 0 Å². The Morgan fingerprint density at radius 3 is 2.00 bits per heavy atom. The van der Waals surface area contributed by atoms with Gasteiger partial charge in [0.2, 0.25) is 5.91 Å². The fourth-order valence-electron chi connectivity index (χ4n) is 3.26. The molecule has 0 saturated heterocycles. The van der Waals surface area contributed by atoms with Gasteiger partial charge < -0.3 is 17.2 Å². The lowest BCUT2D eigenvalue weighted by atomic mass is 9.84. The van der Waals surface area contributed by atoms with Crippen LogP contribution >= 0.6 is 24.8 Å². The lowest BCUT2D eigenvalue weighted by molar-refractivity contribution is -0.117. The number of nitrogens with two attached hydrogens (primary N) is 3. The van der Waals surface area contributed by atoms with E-state index in [-0.39, 0.29) is 42.6 Å². The Bertz CT molecular complexity index is 800. The van der Waals surface area contributed by atoms with Gasteiger partial charge in [-0.05, 0) is 46.6 Å². The minimum Gasteiger partial charge on any atom is -0.369 e. The van der Waals surface area contributed by atoms with Crippen molar-refractivity contribution in [2.24, 2.45) is 22.6 Å². The summed E-state index contributed by atoms with van der Waals surface area (Å²) in [5, 5.41) is 0. The third kappa shape index (κ3) is 6.45. The summed E-state index contributed by atoms with van der Waals surface area (Å²) in [5.74, 6) is -0.374. The number of pyridine rings is 1. The number of aryl methyl sites for hydroxylation is 1. The molecule has 7 heteroatoms. The van der Waals surface area contributed by atoms with E-state index in [9.17, 15) is 4.79 Å². The molecular weight excluding hydrogens is 395 g/mol. The normalized spacial score (nSPS) is 10.8. The Morgan fingerprint density at radius 2 is 1.57 bits per heavy atom. The molecule has 0 bridgehead atoms. The summed E-state index contributed by atoms with van der Waals surface area (Å²) < 4.78 is 0. The molecule has 5 nitrogen and oxygen atoms in total. The fourth-order valence-corrected chi connectivity index (χ4v) is 3.26. The molecule has 156 valence electrons. The van der Waals surface area contributed by atoms with Crippen molar-refractivity contribution < 1.29 is 4.79 Å². The van der Waals surface area contributed by atoms with Gasteiger partial charge in [-0.25, -0.2) is 0 Å². The van der Waals surface area contributed by atoms with Crippen LogP contribution in [-0.4, -0.2) is 10.9 Å². The molecule has 0 unspecified atom stereocenters. The van der Waals surface area contributed by atoms with Crippen molar-refractivity contribution in [2.45, 2.75) is 53.6 Å². The van der Waals surface area contributed by atoms with E-state index in [1.807, 2.05) is 31.2 Å². The zero-order chi connectivity index (χ0) is 19.5. The first-order valence-electron chi connectivity index (χ1n) is 8.95. The molecule has 1 amide bonds. The molecule has 0 spiro atoms. The molecule has 0 atom stereocenters. The van der Waals surface area contributed by atoms with Crippen LogP contribution in [0.15, 0.2) is 24.3 Å². The van der Waals surface area contributed by atoms with E-state index in [4.69, 9.17) is 22.2 Å². The number of amides is 1. The van der Waals surface area contributed by atoms with Crippen molar-refractivity contribution in [1.82, 2.24) is 4.98 Å². The topological polar surface area (TPSA) is 108 Å². The van der Waals surface area contributed by atoms with Gasteiger partial charge in [0.15, 0.2) is 0 Å². The zero-order valence-electron chi connectivity index (χ0n) is 17.0. The first kappa shape index (κ1) is 26.3. The number of hydrogen-bond acceptors (Lipinski definition) is 4. The summed E-state index contributed by atoms with van der Waals surface area (Å²) >= 11 is 0. The summed E-state index contributed by atoms with van der Waals surface area (Å²) in [6, 6.07) is 8.06. The third-order valence-corrected chi connectivity index (χ3v) is 4.42. The van der Waals surface area contributed by atoms with Crippen molar-refractivity contribution in [2.75, 3.05) is 0 Å². The highest BCUT2D eigenvalue weighted by molar-refractivity contribution is 5.85. The van der Waals surface area contributed by atoms with Crippen molar-refractivity contribution in [3.05, 3.63) is 52.3 Å². The molecule has 1 heterocycles. The Hall–Kier alpha value is -1.66. The second kappa shape index (κ2) is 10.8. The minimum atomic E-state index is -0.374. The Balaban J connectivity index is 0.00000364. The smallest absolute Gasteiger partial charge is 0.221 e. The lowest BCUT2D eigenvalue weighted by Gasteiger charge is -2.24. The van der Waals surface area contributed by atoms with E-state index in [0.717, 1.165) is 45.6 Å². The molecule has 0 aliphatic rings. The predicted molar refractivity (Wildman–Crippen MR) is 121 cm³/mol. The lowest BCUT2D eigenvalue weighted by Crippen LogP contribution is -2.20. The van der Waals surface area contributed by atoms with Crippen LogP contribution in [0.2, 0.25) is 0 Å². The summed E-state index contributed by atoms with van der Waals surface area (Å²) in [6.45, 7) is 9.32. The summed E-state index contributed by atoms with van der Waals surface area (Å²) in [5.41, 5.74) is 24.2. The monoisotopic (exact) mass is 426 g/mol. The molecule has 2 aromatic rings. The van der Waals surface area contributed by atoms with E-state index in [1.165, 1.54) is 0 Å². The maximum absolute atomic E-state index is 11.7. The van der Waals surface area contributed by atoms with Gasteiger partial charge in [-0.15, -0.1) is 24.8 Å². The van der Waals surface area contributed by atoms with Gasteiger partial charge >= 0.3 is 0 Å². The van der Waals surface area contributed by atoms with Crippen molar-refractivity contribution in [3.8, 4) is 11.1 Å². The number of hydrogen-bond donors (Lipinski definition) is 3. The van der Waals surface area contributed by atoms with Crippen LogP contribution in [0.25, 0.3) is 11.1 Å². The van der Waals surface area contributed by atoms with Gasteiger partial charge in [0.25, 0.3) is 0 Å². The van der Waals surface area contributed by atoms with Gasteiger partial charge in [0.1, 0.15) is 0 Å². The molecule has 6 N–H and O–H groups in total. The van der Waals surface area contributed by atoms with Crippen LogP contribution in [-0.2, 0) is 30.7 Å². The minimum absolute atomic E-state index is 0. The number of carbonyl (C=O) groups is 1. The average molecular weight is 427 g/mol. The average Bonchev–Trinajstić information content (AvgIpc) is 2.55. The maximum atomic E-state index is 11.7. The molecule has 28 heavy (non-hydrogen) atoms. The highest BCUT2D eigenvalue weighted by atomic mass is 35.5. The highest BCUT2D eigenvalue weighted by Gasteiger charge is 2.22. The second-order valence-electron chi connectivity index (χ2n) is 7.96. The van der Waals surface area contributed by atoms with Gasteiger partial charge in [0, 0.05) is 24.5 Å². The van der Waals surface area contributed by atoms with Crippen molar-refractivity contribution in [1.29, 1.82) is 0 Å². The van der Waals surface area contributed by atoms with Gasteiger partial charge in [-0.2, -0.15) is 0 Å². The number of benzene rings is 1. The first-order valence-corrected chi connectivity index (χ1v) is 8.95. The molecule has 1 aromatic carbocycles. The molecule has 0 saturated carbocycles. The number of halogens is 2. The van der Waals surface area contributed by atoms with Gasteiger partial charge in [-0.3, -0.25) is 9.78 Å². The van der Waals surface area contributed by atoms with E-state index >= 15 is 0 Å². The Morgan fingerprint density at radius 1 is 1.00 bits per heavy atom. The van der Waals surface area contributed by atoms with Crippen LogP contribution in [0.5, 0.6) is 0 Å². The second-order valence-corrected chi connectivity index (χ2v) is 7.96. The summed E-state index contributed by atoms with van der Waals surface area (Å²) in [6.07, 6.45) is 0.959. The molecule has 2 rings (SSSR count). The first-order chi connectivity index (χ1) is 12.2. The zero-order valence-corrected chi connectivity index (χ0v) is 18.7. The number of carbonyl (C=O) groups excluding carboxylic acids is 1. The van der Waals surface area contributed by atoms with Crippen LogP contribution in [0.1, 0.15) is 48.8 Å². The number of rotatable bonds is 6. The van der Waals surface area contributed by atoms with Crippen molar-refractivity contribution in [3.63, 3.8) is 0 Å².